The van der Waals surface area contributed by atoms with Crippen molar-refractivity contribution in [3.8, 4) is 5.75 Å². The predicted molar refractivity (Wildman–Crippen MR) is 80.3 cm³/mol. The number of nitrogens with zero attached hydrogens (tertiary/aromatic N) is 1. The van der Waals surface area contributed by atoms with E-state index in [0.717, 1.165) is 0 Å². The quantitative estimate of drug-likeness (QED) is 0.421. The van der Waals surface area contributed by atoms with Crippen molar-refractivity contribution < 1.29 is 18.1 Å². The molecule has 0 aliphatic heterocycles. The van der Waals surface area contributed by atoms with Crippen LogP contribution < -0.4 is 10.1 Å². The van der Waals surface area contributed by atoms with E-state index in [-0.39, 0.29) is 23.8 Å². The van der Waals surface area contributed by atoms with Gasteiger partial charge in [-0.25, -0.2) is 8.42 Å². The number of nitro groups is 1. The molecule has 0 spiro atoms. The number of sulfone groups is 1. The maximum absolute atomic E-state index is 11.4. The molecule has 0 fully saturated rings. The van der Waals surface area contributed by atoms with Crippen molar-refractivity contribution in [2.75, 3.05) is 25.2 Å². The first-order valence-electron chi connectivity index (χ1n) is 6.64. The molecule has 0 atom stereocenters. The number of hydrogen-bond acceptors (Lipinski definition) is 6. The normalized spacial score (nSPS) is 11.3. The van der Waals surface area contributed by atoms with Gasteiger partial charge in [0.15, 0.2) is 0 Å². The van der Waals surface area contributed by atoms with Crippen LogP contribution >= 0.6 is 0 Å². The van der Waals surface area contributed by atoms with Crippen molar-refractivity contribution in [1.82, 2.24) is 5.32 Å². The maximum atomic E-state index is 11.4. The van der Waals surface area contributed by atoms with E-state index in [9.17, 15) is 18.5 Å². The van der Waals surface area contributed by atoms with Crippen LogP contribution in [0.15, 0.2) is 18.2 Å². The van der Waals surface area contributed by atoms with Gasteiger partial charge in [-0.15, -0.1) is 0 Å². The van der Waals surface area contributed by atoms with E-state index in [1.165, 1.54) is 12.1 Å². The van der Waals surface area contributed by atoms with Crippen LogP contribution in [0.5, 0.6) is 5.75 Å². The fraction of sp³-hybridized carbons (Fsp3) is 0.538. The minimum atomic E-state index is -2.99. The van der Waals surface area contributed by atoms with Crippen molar-refractivity contribution in [2.45, 2.75) is 19.9 Å². The lowest BCUT2D eigenvalue weighted by molar-refractivity contribution is -0.384. The lowest BCUT2D eigenvalue weighted by Gasteiger charge is -2.11. The molecule has 0 saturated heterocycles. The van der Waals surface area contributed by atoms with E-state index in [0.29, 0.717) is 24.3 Å². The monoisotopic (exact) mass is 316 g/mol. The Morgan fingerprint density at radius 1 is 1.38 bits per heavy atom. The Hall–Kier alpha value is -1.67. The molecule has 0 radical (unpaired) electrons. The number of hydrogen-bond donors (Lipinski definition) is 1. The number of rotatable bonds is 9. The molecule has 0 unspecified atom stereocenters. The van der Waals surface area contributed by atoms with Gasteiger partial charge in [0.2, 0.25) is 0 Å². The van der Waals surface area contributed by atoms with E-state index in [2.05, 4.69) is 5.32 Å². The molecule has 8 heteroatoms. The third-order valence-corrected chi connectivity index (χ3v) is 4.71. The standard InChI is InChI=1S/C13H20N2O5S/c1-3-21(18,19)8-4-7-20-13-6-5-12(15(16)17)9-11(13)10-14-2/h5-6,9,14H,3-4,7-8,10H2,1-2H3. The van der Waals surface area contributed by atoms with Gasteiger partial charge in [0, 0.05) is 30.0 Å². The zero-order chi connectivity index (χ0) is 15.9. The summed E-state index contributed by atoms with van der Waals surface area (Å²) in [5.41, 5.74) is 0.672. The van der Waals surface area contributed by atoms with Crippen molar-refractivity contribution in [3.63, 3.8) is 0 Å². The number of benzene rings is 1. The topological polar surface area (TPSA) is 98.5 Å². The Balaban J connectivity index is 2.67. The Morgan fingerprint density at radius 2 is 2.10 bits per heavy atom. The molecule has 0 aliphatic carbocycles. The largest absolute Gasteiger partial charge is 0.493 e. The second-order valence-electron chi connectivity index (χ2n) is 4.52. The van der Waals surface area contributed by atoms with Crippen molar-refractivity contribution in [3.05, 3.63) is 33.9 Å². The van der Waals surface area contributed by atoms with Crippen molar-refractivity contribution in [2.24, 2.45) is 0 Å². The Bertz CT molecular complexity index is 586. The van der Waals surface area contributed by atoms with Crippen LogP contribution in [0, 0.1) is 10.1 Å². The molecule has 0 amide bonds. The highest BCUT2D eigenvalue weighted by molar-refractivity contribution is 7.91. The molecule has 21 heavy (non-hydrogen) atoms. The Kier molecular flexibility index (Phi) is 6.57. The van der Waals surface area contributed by atoms with E-state index >= 15 is 0 Å². The highest BCUT2D eigenvalue weighted by Gasteiger charge is 2.12. The molecular weight excluding hydrogens is 296 g/mol. The molecule has 118 valence electrons. The van der Waals surface area contributed by atoms with Crippen molar-refractivity contribution in [1.29, 1.82) is 0 Å². The molecule has 1 rings (SSSR count). The fourth-order valence-corrected chi connectivity index (χ4v) is 2.60. The number of nitrogens with one attached hydrogen (secondary N) is 1. The second-order valence-corrected chi connectivity index (χ2v) is 6.99. The SMILES string of the molecule is CCS(=O)(=O)CCCOc1ccc([N+](=O)[O-])cc1CNC. The van der Waals surface area contributed by atoms with Gasteiger partial charge in [-0.2, -0.15) is 0 Å². The van der Waals surface area contributed by atoms with Gasteiger partial charge < -0.3 is 10.1 Å². The Morgan fingerprint density at radius 3 is 2.67 bits per heavy atom. The smallest absolute Gasteiger partial charge is 0.270 e. The summed E-state index contributed by atoms with van der Waals surface area (Å²) >= 11 is 0. The molecule has 0 heterocycles. The lowest BCUT2D eigenvalue weighted by atomic mass is 10.1. The van der Waals surface area contributed by atoms with Gasteiger partial charge in [0.1, 0.15) is 15.6 Å². The summed E-state index contributed by atoms with van der Waals surface area (Å²) in [5.74, 6) is 0.733. The van der Waals surface area contributed by atoms with Gasteiger partial charge in [0.25, 0.3) is 5.69 Å². The summed E-state index contributed by atoms with van der Waals surface area (Å²) in [6, 6.07) is 4.37. The van der Waals surface area contributed by atoms with Crippen LogP contribution in [0.4, 0.5) is 5.69 Å². The summed E-state index contributed by atoms with van der Waals surface area (Å²) in [6.07, 6.45) is 0.395. The average Bonchev–Trinajstić information content (AvgIpc) is 2.45. The van der Waals surface area contributed by atoms with Gasteiger partial charge >= 0.3 is 0 Å². The van der Waals surface area contributed by atoms with Gasteiger partial charge in [-0.1, -0.05) is 6.92 Å². The summed E-state index contributed by atoms with van der Waals surface area (Å²) in [5, 5.41) is 13.7. The van der Waals surface area contributed by atoms with Gasteiger partial charge in [-0.05, 0) is 19.5 Å². The zero-order valence-electron chi connectivity index (χ0n) is 12.2. The molecule has 1 N–H and O–H groups in total. The summed E-state index contributed by atoms with van der Waals surface area (Å²) < 4.78 is 28.3. The fourth-order valence-electron chi connectivity index (χ4n) is 1.75. The second kappa shape index (κ2) is 7.94. The highest BCUT2D eigenvalue weighted by atomic mass is 32.2. The lowest BCUT2D eigenvalue weighted by Crippen LogP contribution is -2.13. The van der Waals surface area contributed by atoms with E-state index in [1.807, 2.05) is 0 Å². The minimum Gasteiger partial charge on any atom is -0.493 e. The zero-order valence-corrected chi connectivity index (χ0v) is 13.0. The van der Waals surface area contributed by atoms with Crippen LogP contribution in [-0.2, 0) is 16.4 Å². The maximum Gasteiger partial charge on any atom is 0.270 e. The van der Waals surface area contributed by atoms with Crippen LogP contribution in [0.3, 0.4) is 0 Å². The van der Waals surface area contributed by atoms with Crippen LogP contribution in [-0.4, -0.2) is 38.5 Å². The third-order valence-electron chi connectivity index (χ3n) is 2.92. The molecule has 0 aliphatic rings. The molecule has 7 nitrogen and oxygen atoms in total. The number of ether oxygens (including phenoxy) is 1. The molecule has 0 saturated carbocycles. The predicted octanol–water partition coefficient (Wildman–Crippen LogP) is 1.52. The third kappa shape index (κ3) is 5.68. The summed E-state index contributed by atoms with van der Waals surface area (Å²) in [6.45, 7) is 2.30. The first kappa shape index (κ1) is 17.4. The van der Waals surface area contributed by atoms with E-state index in [4.69, 9.17) is 4.74 Å². The molecular formula is C13H20N2O5S. The summed E-state index contributed by atoms with van der Waals surface area (Å²) in [7, 11) is -1.26. The van der Waals surface area contributed by atoms with Crippen LogP contribution in [0.1, 0.15) is 18.9 Å². The minimum absolute atomic E-state index is 0.00107. The first-order valence-corrected chi connectivity index (χ1v) is 8.47. The van der Waals surface area contributed by atoms with Crippen LogP contribution in [0.2, 0.25) is 0 Å². The van der Waals surface area contributed by atoms with Crippen molar-refractivity contribution >= 4 is 15.5 Å². The summed E-state index contributed by atoms with van der Waals surface area (Å²) in [4.78, 5) is 10.3. The first-order chi connectivity index (χ1) is 9.89. The van der Waals surface area contributed by atoms with E-state index in [1.54, 1.807) is 20.0 Å². The highest BCUT2D eigenvalue weighted by Crippen LogP contribution is 2.24. The number of non-ortho nitro benzene ring substituents is 1. The Labute approximate surface area is 124 Å². The number of nitro benzene ring substituents is 1. The van der Waals surface area contributed by atoms with Crippen LogP contribution in [0.25, 0.3) is 0 Å². The average molecular weight is 316 g/mol. The molecule has 1 aromatic carbocycles. The van der Waals surface area contributed by atoms with Gasteiger partial charge in [0.05, 0.1) is 17.3 Å². The molecule has 1 aromatic rings. The van der Waals surface area contributed by atoms with Gasteiger partial charge in [-0.3, -0.25) is 10.1 Å². The molecule has 0 bridgehead atoms. The molecule has 0 aromatic heterocycles. The van der Waals surface area contributed by atoms with E-state index < -0.39 is 14.8 Å².